The van der Waals surface area contributed by atoms with Crippen molar-refractivity contribution in [1.29, 1.82) is 0 Å². The van der Waals surface area contributed by atoms with Crippen LogP contribution in [0.1, 0.15) is 36.6 Å². The van der Waals surface area contributed by atoms with Gasteiger partial charge in [0.15, 0.2) is 0 Å². The molecule has 0 saturated carbocycles. The summed E-state index contributed by atoms with van der Waals surface area (Å²) in [6.45, 7) is 1.81. The molecule has 1 aliphatic rings. The monoisotopic (exact) mass is 391 g/mol. The Morgan fingerprint density at radius 2 is 1.88 bits per heavy atom. The van der Waals surface area contributed by atoms with E-state index in [1.165, 1.54) is 0 Å². The Morgan fingerprint density at radius 3 is 2.50 bits per heavy atom. The smallest absolute Gasteiger partial charge is 0.249 e. The number of hydrogen-bond acceptors (Lipinski definition) is 3. The summed E-state index contributed by atoms with van der Waals surface area (Å²) >= 11 is 12.2. The SMILES string of the molecule is CCC(C=O)N1C(=O)COC(c2cccc(Cl)c2)C1c1ccc(Cl)cc1. The average Bonchev–Trinajstić information content (AvgIpc) is 2.64. The van der Waals surface area contributed by atoms with Gasteiger partial charge in [-0.05, 0) is 41.8 Å². The number of rotatable bonds is 5. The van der Waals surface area contributed by atoms with E-state index in [-0.39, 0.29) is 12.5 Å². The zero-order valence-corrected chi connectivity index (χ0v) is 15.8. The third-order valence-corrected chi connectivity index (χ3v) is 5.07. The largest absolute Gasteiger partial charge is 0.361 e. The molecule has 136 valence electrons. The third kappa shape index (κ3) is 3.78. The van der Waals surface area contributed by atoms with E-state index in [0.717, 1.165) is 17.4 Å². The van der Waals surface area contributed by atoms with Gasteiger partial charge in [0.25, 0.3) is 0 Å². The highest BCUT2D eigenvalue weighted by Crippen LogP contribution is 2.42. The molecule has 3 unspecified atom stereocenters. The Hall–Kier alpha value is -1.88. The van der Waals surface area contributed by atoms with E-state index >= 15 is 0 Å². The van der Waals surface area contributed by atoms with Crippen molar-refractivity contribution in [2.45, 2.75) is 31.5 Å². The van der Waals surface area contributed by atoms with E-state index in [0.29, 0.717) is 16.5 Å². The van der Waals surface area contributed by atoms with Crippen LogP contribution < -0.4 is 0 Å². The molecule has 2 aromatic carbocycles. The maximum Gasteiger partial charge on any atom is 0.249 e. The molecule has 1 heterocycles. The molecule has 0 N–H and O–H groups in total. The maximum atomic E-state index is 12.6. The van der Waals surface area contributed by atoms with Crippen molar-refractivity contribution in [2.75, 3.05) is 6.61 Å². The van der Waals surface area contributed by atoms with E-state index in [1.807, 2.05) is 37.3 Å². The Kier molecular flexibility index (Phi) is 5.97. The number of halogens is 2. The van der Waals surface area contributed by atoms with Crippen LogP contribution in [0.25, 0.3) is 0 Å². The van der Waals surface area contributed by atoms with Crippen molar-refractivity contribution in [3.63, 3.8) is 0 Å². The van der Waals surface area contributed by atoms with Crippen molar-refractivity contribution in [3.8, 4) is 0 Å². The molecule has 3 rings (SSSR count). The minimum Gasteiger partial charge on any atom is -0.361 e. The zero-order chi connectivity index (χ0) is 18.7. The van der Waals surface area contributed by atoms with E-state index in [1.54, 1.807) is 23.1 Å². The lowest BCUT2D eigenvalue weighted by Crippen LogP contribution is -2.51. The third-order valence-electron chi connectivity index (χ3n) is 4.58. The number of nitrogens with zero attached hydrogens (tertiary/aromatic N) is 1. The number of carbonyl (C=O) groups excluding carboxylic acids is 2. The van der Waals surface area contributed by atoms with Crippen LogP contribution in [0.3, 0.4) is 0 Å². The Morgan fingerprint density at radius 1 is 1.15 bits per heavy atom. The summed E-state index contributed by atoms with van der Waals surface area (Å²) in [4.78, 5) is 25.9. The number of aldehydes is 1. The molecule has 6 heteroatoms. The Bertz CT molecular complexity index is 794. The van der Waals surface area contributed by atoms with Crippen LogP contribution in [0.15, 0.2) is 48.5 Å². The second-order valence-electron chi connectivity index (χ2n) is 6.20. The summed E-state index contributed by atoms with van der Waals surface area (Å²) in [7, 11) is 0. The first-order chi connectivity index (χ1) is 12.5. The standard InChI is InChI=1S/C20H19Cl2NO3/c1-2-17(11-24)23-18(25)12-26-20(14-4-3-5-16(22)10-14)19(23)13-6-8-15(21)9-7-13/h3-11,17,19-20H,2,12H2,1H3. The lowest BCUT2D eigenvalue weighted by Gasteiger charge is -2.44. The Labute approximate surface area is 162 Å². The van der Waals surface area contributed by atoms with E-state index in [2.05, 4.69) is 0 Å². The number of hydrogen-bond donors (Lipinski definition) is 0. The highest BCUT2D eigenvalue weighted by atomic mass is 35.5. The van der Waals surface area contributed by atoms with Crippen LogP contribution in [-0.4, -0.2) is 29.7 Å². The molecule has 3 atom stereocenters. The molecule has 0 bridgehead atoms. The first kappa shape index (κ1) is 18.9. The highest BCUT2D eigenvalue weighted by Gasteiger charge is 2.41. The molecule has 0 aliphatic carbocycles. The number of ether oxygens (including phenoxy) is 1. The molecule has 4 nitrogen and oxygen atoms in total. The topological polar surface area (TPSA) is 46.6 Å². The molecule has 1 saturated heterocycles. The molecular formula is C20H19Cl2NO3. The number of morpholine rings is 1. The van der Waals surface area contributed by atoms with Gasteiger partial charge in [0, 0.05) is 10.0 Å². The molecule has 26 heavy (non-hydrogen) atoms. The number of carbonyl (C=O) groups is 2. The second kappa shape index (κ2) is 8.21. The van der Waals surface area contributed by atoms with Gasteiger partial charge < -0.3 is 14.4 Å². The summed E-state index contributed by atoms with van der Waals surface area (Å²) < 4.78 is 5.90. The van der Waals surface area contributed by atoms with Crippen LogP contribution in [0.5, 0.6) is 0 Å². The molecule has 2 aromatic rings. The van der Waals surface area contributed by atoms with Crippen molar-refractivity contribution < 1.29 is 14.3 Å². The predicted octanol–water partition coefficient (Wildman–Crippen LogP) is 4.61. The van der Waals surface area contributed by atoms with Gasteiger partial charge in [-0.1, -0.05) is 54.4 Å². The van der Waals surface area contributed by atoms with Gasteiger partial charge in [0.1, 0.15) is 19.0 Å². The Balaban J connectivity index is 2.11. The van der Waals surface area contributed by atoms with E-state index in [9.17, 15) is 9.59 Å². The quantitative estimate of drug-likeness (QED) is 0.698. The van der Waals surface area contributed by atoms with Crippen LogP contribution in [-0.2, 0) is 14.3 Å². The normalized spacial score (nSPS) is 21.5. The van der Waals surface area contributed by atoms with E-state index in [4.69, 9.17) is 27.9 Å². The van der Waals surface area contributed by atoms with Gasteiger partial charge >= 0.3 is 0 Å². The maximum absolute atomic E-state index is 12.6. The fourth-order valence-electron chi connectivity index (χ4n) is 3.33. The highest BCUT2D eigenvalue weighted by molar-refractivity contribution is 6.30. The second-order valence-corrected chi connectivity index (χ2v) is 7.07. The van der Waals surface area contributed by atoms with Gasteiger partial charge in [-0.3, -0.25) is 4.79 Å². The van der Waals surface area contributed by atoms with Crippen LogP contribution in [0.4, 0.5) is 0 Å². The molecule has 1 fully saturated rings. The summed E-state index contributed by atoms with van der Waals surface area (Å²) in [6, 6.07) is 13.7. The zero-order valence-electron chi connectivity index (χ0n) is 14.3. The summed E-state index contributed by atoms with van der Waals surface area (Å²) in [5.41, 5.74) is 1.71. The molecule has 1 aliphatic heterocycles. The van der Waals surface area contributed by atoms with Crippen molar-refractivity contribution in [2.24, 2.45) is 0 Å². The number of benzene rings is 2. The predicted molar refractivity (Wildman–Crippen MR) is 101 cm³/mol. The summed E-state index contributed by atoms with van der Waals surface area (Å²) in [5, 5.41) is 1.19. The molecule has 0 radical (unpaired) electrons. The number of amides is 1. The first-order valence-corrected chi connectivity index (χ1v) is 9.19. The van der Waals surface area contributed by atoms with Crippen LogP contribution >= 0.6 is 23.2 Å². The van der Waals surface area contributed by atoms with Gasteiger partial charge in [-0.15, -0.1) is 0 Å². The first-order valence-electron chi connectivity index (χ1n) is 8.44. The molecular weight excluding hydrogens is 373 g/mol. The minimum absolute atomic E-state index is 0.0778. The average molecular weight is 392 g/mol. The fourth-order valence-corrected chi connectivity index (χ4v) is 3.66. The van der Waals surface area contributed by atoms with Gasteiger partial charge in [0.2, 0.25) is 5.91 Å². The van der Waals surface area contributed by atoms with E-state index < -0.39 is 18.2 Å². The van der Waals surface area contributed by atoms with Gasteiger partial charge in [0.05, 0.1) is 12.1 Å². The molecule has 0 aromatic heterocycles. The molecule has 0 spiro atoms. The summed E-state index contributed by atoms with van der Waals surface area (Å²) in [5.74, 6) is -0.206. The minimum atomic E-state index is -0.520. The lowest BCUT2D eigenvalue weighted by atomic mass is 9.91. The van der Waals surface area contributed by atoms with Gasteiger partial charge in [-0.2, -0.15) is 0 Å². The van der Waals surface area contributed by atoms with Crippen LogP contribution in [0.2, 0.25) is 10.0 Å². The lowest BCUT2D eigenvalue weighted by molar-refractivity contribution is -0.164. The van der Waals surface area contributed by atoms with Crippen molar-refractivity contribution >= 4 is 35.4 Å². The van der Waals surface area contributed by atoms with Gasteiger partial charge in [-0.25, -0.2) is 0 Å². The molecule has 1 amide bonds. The van der Waals surface area contributed by atoms with Crippen LogP contribution in [0, 0.1) is 0 Å². The van der Waals surface area contributed by atoms with Crippen molar-refractivity contribution in [1.82, 2.24) is 4.90 Å². The van der Waals surface area contributed by atoms with Crippen molar-refractivity contribution in [3.05, 3.63) is 69.7 Å². The summed E-state index contributed by atoms with van der Waals surface area (Å²) in [6.07, 6.45) is 0.921. The fraction of sp³-hybridized carbons (Fsp3) is 0.300.